The molecule has 1 amide bonds. The van der Waals surface area contributed by atoms with Crippen LogP contribution < -0.4 is 10.5 Å². The molecule has 8 heteroatoms. The van der Waals surface area contributed by atoms with Crippen LogP contribution in [0.1, 0.15) is 22.5 Å². The van der Waals surface area contributed by atoms with Gasteiger partial charge in [0.1, 0.15) is 6.26 Å². The standard InChI is InChI=1S/C13H15N3O4S/c14-21(18,19)11-5-3-10(4-6-11)2-1-8-15-13(17)12-7-9-20-16-12/h3-7,9H,1-2,8H2,(H,15,17)(H2,14,18,19). The van der Waals surface area contributed by atoms with E-state index in [1.54, 1.807) is 12.1 Å². The lowest BCUT2D eigenvalue weighted by Gasteiger charge is -2.04. The van der Waals surface area contributed by atoms with E-state index >= 15 is 0 Å². The quantitative estimate of drug-likeness (QED) is 0.761. The predicted octanol–water partition coefficient (Wildman–Crippen LogP) is 0.685. The zero-order valence-corrected chi connectivity index (χ0v) is 12.0. The molecule has 0 atom stereocenters. The van der Waals surface area contributed by atoms with Crippen LogP contribution >= 0.6 is 0 Å². The van der Waals surface area contributed by atoms with Gasteiger partial charge in [0.15, 0.2) is 5.69 Å². The van der Waals surface area contributed by atoms with Gasteiger partial charge < -0.3 is 9.84 Å². The summed E-state index contributed by atoms with van der Waals surface area (Å²) >= 11 is 0. The molecule has 0 aliphatic rings. The van der Waals surface area contributed by atoms with Crippen LogP contribution in [0.2, 0.25) is 0 Å². The average molecular weight is 309 g/mol. The minimum absolute atomic E-state index is 0.0885. The Morgan fingerprint density at radius 1 is 1.24 bits per heavy atom. The van der Waals surface area contributed by atoms with Crippen molar-refractivity contribution >= 4 is 15.9 Å². The third-order valence-corrected chi connectivity index (χ3v) is 3.78. The number of carbonyl (C=O) groups excluding carboxylic acids is 1. The molecule has 7 nitrogen and oxygen atoms in total. The molecule has 1 aromatic heterocycles. The van der Waals surface area contributed by atoms with Gasteiger partial charge in [0.2, 0.25) is 10.0 Å². The van der Waals surface area contributed by atoms with Crippen molar-refractivity contribution in [1.29, 1.82) is 0 Å². The lowest BCUT2D eigenvalue weighted by Crippen LogP contribution is -2.25. The van der Waals surface area contributed by atoms with E-state index < -0.39 is 10.0 Å². The second kappa shape index (κ2) is 6.51. The van der Waals surface area contributed by atoms with Gasteiger partial charge in [-0.05, 0) is 30.5 Å². The molecule has 0 aliphatic heterocycles. The van der Waals surface area contributed by atoms with Gasteiger partial charge in [-0.3, -0.25) is 4.79 Å². The van der Waals surface area contributed by atoms with Crippen molar-refractivity contribution in [2.75, 3.05) is 6.54 Å². The van der Waals surface area contributed by atoms with E-state index in [4.69, 9.17) is 5.14 Å². The highest BCUT2D eigenvalue weighted by Crippen LogP contribution is 2.10. The topological polar surface area (TPSA) is 115 Å². The summed E-state index contributed by atoms with van der Waals surface area (Å²) in [7, 11) is -3.65. The molecule has 21 heavy (non-hydrogen) atoms. The third kappa shape index (κ3) is 4.40. The number of sulfonamides is 1. The predicted molar refractivity (Wildman–Crippen MR) is 75.0 cm³/mol. The minimum atomic E-state index is -3.65. The van der Waals surface area contributed by atoms with Gasteiger partial charge >= 0.3 is 0 Å². The van der Waals surface area contributed by atoms with Crippen molar-refractivity contribution in [2.45, 2.75) is 17.7 Å². The van der Waals surface area contributed by atoms with Crippen molar-refractivity contribution in [1.82, 2.24) is 10.5 Å². The number of aromatic nitrogens is 1. The average Bonchev–Trinajstić information content (AvgIpc) is 2.97. The number of benzene rings is 1. The molecule has 0 fully saturated rings. The SMILES string of the molecule is NS(=O)(=O)c1ccc(CCCNC(=O)c2ccon2)cc1. The normalized spacial score (nSPS) is 11.3. The fourth-order valence-corrected chi connectivity index (χ4v) is 2.28. The van der Waals surface area contributed by atoms with Crippen molar-refractivity contribution in [2.24, 2.45) is 5.14 Å². The number of nitrogens with one attached hydrogen (secondary N) is 1. The van der Waals surface area contributed by atoms with E-state index in [9.17, 15) is 13.2 Å². The summed E-state index contributed by atoms with van der Waals surface area (Å²) in [5, 5.41) is 11.3. The third-order valence-electron chi connectivity index (χ3n) is 2.85. The fourth-order valence-electron chi connectivity index (χ4n) is 1.76. The van der Waals surface area contributed by atoms with E-state index in [1.165, 1.54) is 24.5 Å². The van der Waals surface area contributed by atoms with Crippen LogP contribution in [0.3, 0.4) is 0 Å². The Balaban J connectivity index is 1.78. The van der Waals surface area contributed by atoms with Crippen molar-refractivity contribution in [3.8, 4) is 0 Å². The number of amides is 1. The maximum atomic E-state index is 11.6. The van der Waals surface area contributed by atoms with Crippen LogP contribution in [-0.2, 0) is 16.4 Å². The molecule has 3 N–H and O–H groups in total. The van der Waals surface area contributed by atoms with Gasteiger partial charge in [-0.15, -0.1) is 0 Å². The molecule has 0 saturated heterocycles. The van der Waals surface area contributed by atoms with Crippen LogP contribution in [0.5, 0.6) is 0 Å². The Morgan fingerprint density at radius 2 is 1.95 bits per heavy atom. The number of aryl methyl sites for hydroxylation is 1. The maximum absolute atomic E-state index is 11.6. The van der Waals surface area contributed by atoms with E-state index in [0.717, 1.165) is 12.0 Å². The zero-order valence-electron chi connectivity index (χ0n) is 11.2. The lowest BCUT2D eigenvalue weighted by molar-refractivity contribution is 0.0944. The fraction of sp³-hybridized carbons (Fsp3) is 0.231. The highest BCUT2D eigenvalue weighted by atomic mass is 32.2. The highest BCUT2D eigenvalue weighted by molar-refractivity contribution is 7.89. The summed E-state index contributed by atoms with van der Waals surface area (Å²) in [6.07, 6.45) is 2.77. The number of nitrogens with two attached hydrogens (primary N) is 1. The number of rotatable bonds is 6. The van der Waals surface area contributed by atoms with Crippen molar-refractivity contribution < 1.29 is 17.7 Å². The summed E-state index contributed by atoms with van der Waals surface area (Å²) in [4.78, 5) is 11.6. The molecule has 2 rings (SSSR count). The van der Waals surface area contributed by atoms with E-state index in [2.05, 4.69) is 15.0 Å². The highest BCUT2D eigenvalue weighted by Gasteiger charge is 2.08. The summed E-state index contributed by atoms with van der Waals surface area (Å²) in [6.45, 7) is 0.489. The van der Waals surface area contributed by atoms with Crippen LogP contribution in [-0.4, -0.2) is 26.0 Å². The molecule has 0 radical (unpaired) electrons. The van der Waals surface area contributed by atoms with Crippen LogP contribution in [0.15, 0.2) is 46.0 Å². The summed E-state index contributed by atoms with van der Waals surface area (Å²) in [5.74, 6) is -0.284. The maximum Gasteiger partial charge on any atom is 0.273 e. The second-order valence-electron chi connectivity index (χ2n) is 4.43. The first-order chi connectivity index (χ1) is 9.97. The Hall–Kier alpha value is -2.19. The van der Waals surface area contributed by atoms with Crippen LogP contribution in [0, 0.1) is 0 Å². The van der Waals surface area contributed by atoms with Gasteiger partial charge in [0.05, 0.1) is 4.90 Å². The number of primary sulfonamides is 1. The van der Waals surface area contributed by atoms with E-state index in [-0.39, 0.29) is 16.5 Å². The molecular weight excluding hydrogens is 294 g/mol. The molecule has 1 heterocycles. The molecule has 0 saturated carbocycles. The summed E-state index contributed by atoms with van der Waals surface area (Å²) in [6, 6.07) is 7.84. The van der Waals surface area contributed by atoms with Crippen molar-refractivity contribution in [3.05, 3.63) is 47.9 Å². The molecular formula is C13H15N3O4S. The molecule has 0 unspecified atom stereocenters. The number of hydrogen-bond acceptors (Lipinski definition) is 5. The molecule has 112 valence electrons. The molecule has 0 spiro atoms. The van der Waals surface area contributed by atoms with Gasteiger partial charge in [-0.25, -0.2) is 13.6 Å². The Bertz CT molecular complexity index is 694. The Morgan fingerprint density at radius 3 is 2.52 bits per heavy atom. The van der Waals surface area contributed by atoms with Crippen molar-refractivity contribution in [3.63, 3.8) is 0 Å². The first kappa shape index (κ1) is 15.2. The van der Waals surface area contributed by atoms with E-state index in [1.807, 2.05) is 0 Å². The molecule has 1 aromatic carbocycles. The van der Waals surface area contributed by atoms with Gasteiger partial charge in [-0.2, -0.15) is 0 Å². The van der Waals surface area contributed by atoms with Gasteiger partial charge in [0, 0.05) is 12.6 Å². The lowest BCUT2D eigenvalue weighted by atomic mass is 10.1. The van der Waals surface area contributed by atoms with Gasteiger partial charge in [-0.1, -0.05) is 17.3 Å². The largest absolute Gasteiger partial charge is 0.364 e. The van der Waals surface area contributed by atoms with E-state index in [0.29, 0.717) is 13.0 Å². The molecule has 0 bridgehead atoms. The van der Waals surface area contributed by atoms with Crippen LogP contribution in [0.4, 0.5) is 0 Å². The number of carbonyl (C=O) groups is 1. The van der Waals surface area contributed by atoms with Crippen LogP contribution in [0.25, 0.3) is 0 Å². The molecule has 0 aliphatic carbocycles. The number of nitrogens with zero attached hydrogens (tertiary/aromatic N) is 1. The zero-order chi connectivity index (χ0) is 15.3. The number of hydrogen-bond donors (Lipinski definition) is 2. The first-order valence-electron chi connectivity index (χ1n) is 6.27. The monoisotopic (exact) mass is 309 g/mol. The smallest absolute Gasteiger partial charge is 0.273 e. The first-order valence-corrected chi connectivity index (χ1v) is 7.82. The Kier molecular flexibility index (Phi) is 4.71. The Labute approximate surface area is 122 Å². The minimum Gasteiger partial charge on any atom is -0.364 e. The summed E-state index contributed by atoms with van der Waals surface area (Å²) < 4.78 is 26.8. The second-order valence-corrected chi connectivity index (χ2v) is 5.99. The van der Waals surface area contributed by atoms with Gasteiger partial charge in [0.25, 0.3) is 5.91 Å². The summed E-state index contributed by atoms with van der Waals surface area (Å²) in [5.41, 5.74) is 1.21. The molecule has 2 aromatic rings.